The number of hydrogen-bond donors (Lipinski definition) is 1. The van der Waals surface area contributed by atoms with Crippen LogP contribution in [0.3, 0.4) is 0 Å². The molecule has 0 saturated heterocycles. The molecule has 1 aromatic rings. The highest BCUT2D eigenvalue weighted by atomic mass is 79.9. The second-order valence-corrected chi connectivity index (χ2v) is 5.08. The topological polar surface area (TPSA) is 46.9 Å². The first-order valence-corrected chi connectivity index (χ1v) is 6.08. The van der Waals surface area contributed by atoms with E-state index in [1.807, 2.05) is 4.68 Å². The third-order valence-corrected chi connectivity index (χ3v) is 3.81. The average Bonchev–Trinajstić information content (AvgIpc) is 2.49. The molecule has 1 fully saturated rings. The molecule has 80 valence electrons. The van der Waals surface area contributed by atoms with Crippen molar-refractivity contribution in [3.8, 4) is 0 Å². The summed E-state index contributed by atoms with van der Waals surface area (Å²) >= 11 is 3.32. The second kappa shape index (κ2) is 3.33. The van der Waals surface area contributed by atoms with E-state index >= 15 is 0 Å². The van der Waals surface area contributed by atoms with Crippen molar-refractivity contribution >= 4 is 21.8 Å². The molecule has 1 aliphatic carbocycles. The predicted octanol–water partition coefficient (Wildman–Crippen LogP) is 1.73. The quantitative estimate of drug-likeness (QED) is 0.844. The fraction of sp³-hybridized carbons (Fsp3) is 0.600. The molecule has 0 aromatic carbocycles. The Bertz CT molecular complexity index is 411. The lowest BCUT2D eigenvalue weighted by Crippen LogP contribution is -2.43. The molecule has 1 aromatic heterocycles. The molecule has 3 rings (SSSR count). The van der Waals surface area contributed by atoms with Gasteiger partial charge in [0.25, 0.3) is 5.91 Å². The summed E-state index contributed by atoms with van der Waals surface area (Å²) in [4.78, 5) is 11.6. The van der Waals surface area contributed by atoms with Crippen LogP contribution in [0.4, 0.5) is 0 Å². The Morgan fingerprint density at radius 2 is 2.33 bits per heavy atom. The Hall–Kier alpha value is -0.840. The predicted molar refractivity (Wildman–Crippen MR) is 58.6 cm³/mol. The summed E-state index contributed by atoms with van der Waals surface area (Å²) in [6.45, 7) is 0.727. The van der Waals surface area contributed by atoms with Crippen LogP contribution in [0.5, 0.6) is 0 Å². The lowest BCUT2D eigenvalue weighted by atomic mass is 9.79. The highest BCUT2D eigenvalue weighted by Gasteiger charge is 2.35. The average molecular weight is 270 g/mol. The molecule has 2 heterocycles. The van der Waals surface area contributed by atoms with Crippen LogP contribution in [0, 0.1) is 5.92 Å². The van der Waals surface area contributed by atoms with Gasteiger partial charge in [-0.1, -0.05) is 6.42 Å². The van der Waals surface area contributed by atoms with Gasteiger partial charge in [-0.3, -0.25) is 9.48 Å². The molecule has 1 saturated carbocycles. The van der Waals surface area contributed by atoms with E-state index in [4.69, 9.17) is 0 Å². The monoisotopic (exact) mass is 269 g/mol. The summed E-state index contributed by atoms with van der Waals surface area (Å²) in [5, 5.41) is 7.29. The van der Waals surface area contributed by atoms with Gasteiger partial charge in [-0.2, -0.15) is 5.10 Å². The number of rotatable bonds is 1. The van der Waals surface area contributed by atoms with Crippen LogP contribution < -0.4 is 5.32 Å². The van der Waals surface area contributed by atoms with Gasteiger partial charge < -0.3 is 5.32 Å². The number of carbonyl (C=O) groups is 1. The molecule has 1 aliphatic heterocycles. The van der Waals surface area contributed by atoms with Crippen molar-refractivity contribution in [2.75, 3.05) is 6.54 Å². The van der Waals surface area contributed by atoms with Gasteiger partial charge in [0.05, 0.1) is 6.04 Å². The summed E-state index contributed by atoms with van der Waals surface area (Å²) in [7, 11) is 0. The van der Waals surface area contributed by atoms with Crippen molar-refractivity contribution in [2.45, 2.75) is 25.3 Å². The summed E-state index contributed by atoms with van der Waals surface area (Å²) in [6.07, 6.45) is 3.84. The summed E-state index contributed by atoms with van der Waals surface area (Å²) in [6, 6.07) is 2.15. The van der Waals surface area contributed by atoms with Gasteiger partial charge in [-0.25, -0.2) is 0 Å². The van der Waals surface area contributed by atoms with Crippen molar-refractivity contribution in [1.29, 1.82) is 0 Å². The van der Waals surface area contributed by atoms with Gasteiger partial charge in [0.1, 0.15) is 10.3 Å². The van der Waals surface area contributed by atoms with Gasteiger partial charge in [-0.15, -0.1) is 0 Å². The molecule has 15 heavy (non-hydrogen) atoms. The van der Waals surface area contributed by atoms with E-state index in [1.54, 1.807) is 6.07 Å². The van der Waals surface area contributed by atoms with Crippen molar-refractivity contribution in [2.24, 2.45) is 5.92 Å². The second-order valence-electron chi connectivity index (χ2n) is 4.27. The molecule has 1 unspecified atom stereocenters. The Kier molecular flexibility index (Phi) is 2.09. The van der Waals surface area contributed by atoms with Crippen LogP contribution in [-0.2, 0) is 0 Å². The number of carbonyl (C=O) groups excluding carboxylic acids is 1. The molecular formula is C10H12BrN3O. The lowest BCUT2D eigenvalue weighted by molar-refractivity contribution is 0.0864. The first-order chi connectivity index (χ1) is 7.25. The van der Waals surface area contributed by atoms with Gasteiger partial charge >= 0.3 is 0 Å². The van der Waals surface area contributed by atoms with Gasteiger partial charge in [0, 0.05) is 12.6 Å². The Labute approximate surface area is 96.2 Å². The number of fused-ring (bicyclic) bond motifs is 1. The summed E-state index contributed by atoms with van der Waals surface area (Å²) in [5.74, 6) is 0.680. The molecule has 1 N–H and O–H groups in total. The highest BCUT2D eigenvalue weighted by molar-refractivity contribution is 9.10. The van der Waals surface area contributed by atoms with Crippen molar-refractivity contribution in [1.82, 2.24) is 15.1 Å². The van der Waals surface area contributed by atoms with E-state index in [0.29, 0.717) is 17.7 Å². The number of nitrogens with one attached hydrogen (secondary N) is 1. The molecule has 0 radical (unpaired) electrons. The number of hydrogen-bond acceptors (Lipinski definition) is 2. The van der Waals surface area contributed by atoms with E-state index < -0.39 is 0 Å². The van der Waals surface area contributed by atoms with Crippen LogP contribution in [0.15, 0.2) is 10.7 Å². The van der Waals surface area contributed by atoms with Crippen molar-refractivity contribution in [3.63, 3.8) is 0 Å². The van der Waals surface area contributed by atoms with E-state index in [0.717, 1.165) is 11.1 Å². The maximum atomic E-state index is 11.6. The highest BCUT2D eigenvalue weighted by Crippen LogP contribution is 2.37. The zero-order valence-corrected chi connectivity index (χ0v) is 9.83. The summed E-state index contributed by atoms with van der Waals surface area (Å²) in [5.41, 5.74) is 0.685. The molecule has 0 spiro atoms. The van der Waals surface area contributed by atoms with E-state index in [9.17, 15) is 4.79 Å². The van der Waals surface area contributed by atoms with E-state index in [-0.39, 0.29) is 5.91 Å². The van der Waals surface area contributed by atoms with Crippen molar-refractivity contribution < 1.29 is 4.79 Å². The number of aromatic nitrogens is 2. The Morgan fingerprint density at radius 3 is 3.00 bits per heavy atom. The zero-order chi connectivity index (χ0) is 10.4. The molecule has 4 nitrogen and oxygen atoms in total. The number of amides is 1. The third-order valence-electron chi connectivity index (χ3n) is 3.42. The Balaban J connectivity index is 1.99. The maximum absolute atomic E-state index is 11.6. The lowest BCUT2D eigenvalue weighted by Gasteiger charge is -2.36. The molecular weight excluding hydrogens is 258 g/mol. The van der Waals surface area contributed by atoms with Crippen molar-refractivity contribution in [3.05, 3.63) is 16.4 Å². The number of nitrogens with zero attached hydrogens (tertiary/aromatic N) is 2. The van der Waals surface area contributed by atoms with E-state index in [1.165, 1.54) is 19.3 Å². The molecule has 1 amide bonds. The smallest absolute Gasteiger partial charge is 0.269 e. The SMILES string of the molecule is O=C1NCC(C2CCC2)n2nc(Br)cc21. The summed E-state index contributed by atoms with van der Waals surface area (Å²) < 4.78 is 2.64. The molecule has 2 aliphatic rings. The first kappa shape index (κ1) is 9.39. The molecule has 0 bridgehead atoms. The third kappa shape index (κ3) is 1.40. The van der Waals surface area contributed by atoms with Crippen LogP contribution in [0.2, 0.25) is 0 Å². The standard InChI is InChI=1S/C10H12BrN3O/c11-9-4-7-10(15)12-5-8(14(7)13-9)6-2-1-3-6/h4,6,8H,1-3,5H2,(H,12,15). The van der Waals surface area contributed by atoms with Crippen LogP contribution in [0.1, 0.15) is 35.8 Å². The van der Waals surface area contributed by atoms with Gasteiger partial charge in [0.2, 0.25) is 0 Å². The molecule has 5 heteroatoms. The fourth-order valence-corrected chi connectivity index (χ4v) is 2.74. The Morgan fingerprint density at radius 1 is 1.53 bits per heavy atom. The van der Waals surface area contributed by atoms with Crippen LogP contribution in [0.25, 0.3) is 0 Å². The minimum absolute atomic E-state index is 0.0104. The zero-order valence-electron chi connectivity index (χ0n) is 8.24. The maximum Gasteiger partial charge on any atom is 0.269 e. The van der Waals surface area contributed by atoms with E-state index in [2.05, 4.69) is 26.3 Å². The fourth-order valence-electron chi connectivity index (χ4n) is 2.35. The van der Waals surface area contributed by atoms with Crippen LogP contribution >= 0.6 is 15.9 Å². The largest absolute Gasteiger partial charge is 0.349 e. The first-order valence-electron chi connectivity index (χ1n) is 5.29. The normalized spacial score (nSPS) is 25.7. The van der Waals surface area contributed by atoms with Gasteiger partial charge in [-0.05, 0) is 34.7 Å². The van der Waals surface area contributed by atoms with Gasteiger partial charge in [0.15, 0.2) is 0 Å². The molecule has 1 atom stereocenters. The minimum Gasteiger partial charge on any atom is -0.349 e. The number of halogens is 1. The van der Waals surface area contributed by atoms with Crippen LogP contribution in [-0.4, -0.2) is 22.2 Å². The minimum atomic E-state index is -0.0104.